The van der Waals surface area contributed by atoms with Crippen LogP contribution < -0.4 is 5.32 Å². The second-order valence-corrected chi connectivity index (χ2v) is 3.46. The molecule has 1 aromatic rings. The maximum absolute atomic E-state index is 10.7. The van der Waals surface area contributed by atoms with Crippen molar-refractivity contribution in [3.8, 4) is 0 Å². The molecule has 4 nitrogen and oxygen atoms in total. The molecule has 0 aliphatic heterocycles. The van der Waals surface area contributed by atoms with Gasteiger partial charge in [0.05, 0.1) is 12.2 Å². The molecule has 88 valence electrons. The lowest BCUT2D eigenvalue weighted by atomic mass is 10.1. The summed E-state index contributed by atoms with van der Waals surface area (Å²) in [5, 5.41) is 12.0. The maximum Gasteiger partial charge on any atom is 0.335 e. The Morgan fingerprint density at radius 2 is 2.25 bits per heavy atom. The van der Waals surface area contributed by atoms with Crippen molar-refractivity contribution in [1.82, 2.24) is 0 Å². The Morgan fingerprint density at radius 1 is 1.50 bits per heavy atom. The third kappa shape index (κ3) is 3.55. The van der Waals surface area contributed by atoms with Gasteiger partial charge in [-0.1, -0.05) is 0 Å². The Balaban J connectivity index is 2.57. The van der Waals surface area contributed by atoms with Gasteiger partial charge in [0.25, 0.3) is 0 Å². The van der Waals surface area contributed by atoms with Gasteiger partial charge in [-0.15, -0.1) is 0 Å². The number of ether oxygens (including phenoxy) is 1. The van der Waals surface area contributed by atoms with Crippen LogP contribution in [0.1, 0.15) is 22.8 Å². The summed E-state index contributed by atoms with van der Waals surface area (Å²) < 4.78 is 5.20. The summed E-state index contributed by atoms with van der Waals surface area (Å²) in [6.45, 7) is 5.92. The Bertz CT molecular complexity index is 363. The normalized spacial score (nSPS) is 10.1. The van der Waals surface area contributed by atoms with Gasteiger partial charge in [0, 0.05) is 18.8 Å². The van der Waals surface area contributed by atoms with Crippen molar-refractivity contribution in [2.75, 3.05) is 25.1 Å². The van der Waals surface area contributed by atoms with Crippen LogP contribution in [0.25, 0.3) is 0 Å². The highest BCUT2D eigenvalue weighted by Gasteiger charge is 2.04. The summed E-state index contributed by atoms with van der Waals surface area (Å²) in [5.41, 5.74) is 2.19. The molecule has 0 radical (unpaired) electrons. The number of anilines is 1. The number of carbonyl (C=O) groups is 1. The largest absolute Gasteiger partial charge is 0.478 e. The van der Waals surface area contributed by atoms with Gasteiger partial charge in [0.15, 0.2) is 0 Å². The minimum atomic E-state index is -0.899. The molecule has 0 aliphatic rings. The third-order valence-electron chi connectivity index (χ3n) is 2.24. The van der Waals surface area contributed by atoms with Crippen molar-refractivity contribution in [1.29, 1.82) is 0 Å². The van der Waals surface area contributed by atoms with E-state index in [1.165, 1.54) is 0 Å². The molecule has 16 heavy (non-hydrogen) atoms. The van der Waals surface area contributed by atoms with Crippen molar-refractivity contribution >= 4 is 11.7 Å². The summed E-state index contributed by atoms with van der Waals surface area (Å²) in [5.74, 6) is -0.899. The summed E-state index contributed by atoms with van der Waals surface area (Å²) in [4.78, 5) is 10.7. The maximum atomic E-state index is 10.7. The first-order valence-corrected chi connectivity index (χ1v) is 5.30. The lowest BCUT2D eigenvalue weighted by Gasteiger charge is -2.09. The molecule has 0 bridgehead atoms. The number of benzene rings is 1. The first-order valence-electron chi connectivity index (χ1n) is 5.30. The minimum absolute atomic E-state index is 0.313. The van der Waals surface area contributed by atoms with Crippen LogP contribution in [0.4, 0.5) is 5.69 Å². The lowest BCUT2D eigenvalue weighted by molar-refractivity contribution is 0.0697. The number of aromatic carboxylic acids is 1. The van der Waals surface area contributed by atoms with Crippen LogP contribution in [0.15, 0.2) is 18.2 Å². The average Bonchev–Trinajstić information content (AvgIpc) is 2.26. The second kappa shape index (κ2) is 6.12. The van der Waals surface area contributed by atoms with Crippen molar-refractivity contribution in [2.45, 2.75) is 13.8 Å². The molecular formula is C12H17NO3. The number of hydrogen-bond acceptors (Lipinski definition) is 3. The van der Waals surface area contributed by atoms with Crippen molar-refractivity contribution in [2.24, 2.45) is 0 Å². The van der Waals surface area contributed by atoms with E-state index in [4.69, 9.17) is 9.84 Å². The van der Waals surface area contributed by atoms with E-state index in [0.717, 1.165) is 17.8 Å². The molecule has 0 amide bonds. The first kappa shape index (κ1) is 12.5. The van der Waals surface area contributed by atoms with E-state index in [0.29, 0.717) is 18.8 Å². The molecule has 0 saturated heterocycles. The van der Waals surface area contributed by atoms with Gasteiger partial charge in [-0.2, -0.15) is 0 Å². The monoisotopic (exact) mass is 223 g/mol. The fraction of sp³-hybridized carbons (Fsp3) is 0.417. The number of carboxylic acids is 1. The Hall–Kier alpha value is -1.55. The highest BCUT2D eigenvalue weighted by molar-refractivity contribution is 5.88. The van der Waals surface area contributed by atoms with Gasteiger partial charge in [-0.05, 0) is 37.6 Å². The average molecular weight is 223 g/mol. The molecule has 1 rings (SSSR count). The highest BCUT2D eigenvalue weighted by Crippen LogP contribution is 2.16. The van der Waals surface area contributed by atoms with E-state index in [1.807, 2.05) is 13.8 Å². The summed E-state index contributed by atoms with van der Waals surface area (Å²) in [6.07, 6.45) is 0. The zero-order valence-electron chi connectivity index (χ0n) is 9.62. The highest BCUT2D eigenvalue weighted by atomic mass is 16.5. The van der Waals surface area contributed by atoms with Crippen LogP contribution in [0.2, 0.25) is 0 Å². The molecular weight excluding hydrogens is 206 g/mol. The van der Waals surface area contributed by atoms with Crippen LogP contribution in [-0.4, -0.2) is 30.8 Å². The number of carboxylic acid groups (broad SMARTS) is 1. The van der Waals surface area contributed by atoms with E-state index in [9.17, 15) is 4.79 Å². The van der Waals surface area contributed by atoms with Gasteiger partial charge in [-0.3, -0.25) is 0 Å². The van der Waals surface area contributed by atoms with E-state index in [2.05, 4.69) is 5.32 Å². The molecule has 0 heterocycles. The number of nitrogens with one attached hydrogen (secondary N) is 1. The van der Waals surface area contributed by atoms with Gasteiger partial charge in [0.2, 0.25) is 0 Å². The van der Waals surface area contributed by atoms with Crippen LogP contribution in [0, 0.1) is 6.92 Å². The van der Waals surface area contributed by atoms with Gasteiger partial charge in [-0.25, -0.2) is 4.79 Å². The summed E-state index contributed by atoms with van der Waals surface area (Å²) in [7, 11) is 0. The molecule has 2 N–H and O–H groups in total. The molecule has 0 spiro atoms. The van der Waals surface area contributed by atoms with Crippen molar-refractivity contribution in [3.05, 3.63) is 29.3 Å². The van der Waals surface area contributed by atoms with E-state index in [-0.39, 0.29) is 0 Å². The molecule has 0 atom stereocenters. The van der Waals surface area contributed by atoms with Crippen LogP contribution in [-0.2, 0) is 4.74 Å². The topological polar surface area (TPSA) is 58.6 Å². The van der Waals surface area contributed by atoms with Crippen LogP contribution in [0.3, 0.4) is 0 Å². The fourth-order valence-electron chi connectivity index (χ4n) is 1.40. The van der Waals surface area contributed by atoms with Crippen LogP contribution >= 0.6 is 0 Å². The number of hydrogen-bond donors (Lipinski definition) is 2. The second-order valence-electron chi connectivity index (χ2n) is 3.46. The predicted octanol–water partition coefficient (Wildman–Crippen LogP) is 2.14. The van der Waals surface area contributed by atoms with Gasteiger partial charge < -0.3 is 15.2 Å². The van der Waals surface area contributed by atoms with Crippen LogP contribution in [0.5, 0.6) is 0 Å². The summed E-state index contributed by atoms with van der Waals surface area (Å²) in [6, 6.07) is 5.04. The molecule has 0 saturated carbocycles. The van der Waals surface area contributed by atoms with Gasteiger partial charge >= 0.3 is 5.97 Å². The fourth-order valence-corrected chi connectivity index (χ4v) is 1.40. The Kier molecular flexibility index (Phi) is 4.79. The number of rotatable bonds is 6. The first-order chi connectivity index (χ1) is 7.65. The lowest BCUT2D eigenvalue weighted by Crippen LogP contribution is -2.10. The molecule has 0 unspecified atom stereocenters. The van der Waals surface area contributed by atoms with Crippen molar-refractivity contribution in [3.63, 3.8) is 0 Å². The smallest absolute Gasteiger partial charge is 0.335 e. The summed E-state index contributed by atoms with van der Waals surface area (Å²) >= 11 is 0. The van der Waals surface area contributed by atoms with Crippen molar-refractivity contribution < 1.29 is 14.6 Å². The zero-order chi connectivity index (χ0) is 12.0. The molecule has 4 heteroatoms. The predicted molar refractivity (Wildman–Crippen MR) is 63.1 cm³/mol. The Morgan fingerprint density at radius 3 is 2.81 bits per heavy atom. The van der Waals surface area contributed by atoms with E-state index in [1.54, 1.807) is 18.2 Å². The van der Waals surface area contributed by atoms with E-state index < -0.39 is 5.97 Å². The Labute approximate surface area is 95.2 Å². The standard InChI is InChI=1S/C12H17NO3/c1-3-16-7-6-13-11-5-4-10(12(14)15)8-9(11)2/h4-5,8,13H,3,6-7H2,1-2H3,(H,14,15). The minimum Gasteiger partial charge on any atom is -0.478 e. The molecule has 0 aromatic heterocycles. The molecule has 1 aromatic carbocycles. The third-order valence-corrected chi connectivity index (χ3v) is 2.24. The quantitative estimate of drug-likeness (QED) is 0.725. The SMILES string of the molecule is CCOCCNc1ccc(C(=O)O)cc1C. The molecule has 0 fully saturated rings. The molecule has 0 aliphatic carbocycles. The zero-order valence-corrected chi connectivity index (χ0v) is 9.62. The van der Waals surface area contributed by atoms with E-state index >= 15 is 0 Å². The number of aryl methyl sites for hydroxylation is 1. The van der Waals surface area contributed by atoms with Gasteiger partial charge in [0.1, 0.15) is 0 Å².